The van der Waals surface area contributed by atoms with Gasteiger partial charge >= 0.3 is 0 Å². The fourth-order valence-electron chi connectivity index (χ4n) is 3.37. The largest absolute Gasteiger partial charge is 0.306 e. The van der Waals surface area contributed by atoms with Gasteiger partial charge in [-0.2, -0.15) is 0 Å². The highest BCUT2D eigenvalue weighted by Crippen LogP contribution is 2.32. The monoisotopic (exact) mass is 467 g/mol. The number of hydrogen-bond donors (Lipinski definition) is 0. The summed E-state index contributed by atoms with van der Waals surface area (Å²) in [6, 6.07) is 15.0. The van der Waals surface area contributed by atoms with Crippen molar-refractivity contribution in [2.24, 2.45) is 0 Å². The van der Waals surface area contributed by atoms with Crippen LogP contribution in [0.25, 0.3) is 10.2 Å². The maximum atomic E-state index is 12.6. The van der Waals surface area contributed by atoms with Crippen LogP contribution in [0.4, 0.5) is 0 Å². The molecule has 0 radical (unpaired) electrons. The minimum Gasteiger partial charge on any atom is -0.306 e. The Labute approximate surface area is 190 Å². The Kier molecular flexibility index (Phi) is 5.51. The average Bonchev–Trinajstić information content (AvgIpc) is 3.46. The van der Waals surface area contributed by atoms with Gasteiger partial charge in [0.05, 0.1) is 33.0 Å². The highest BCUT2D eigenvalue weighted by molar-refractivity contribution is 8.00. The minimum atomic E-state index is -0.262. The van der Waals surface area contributed by atoms with Crippen molar-refractivity contribution < 1.29 is 9.59 Å². The van der Waals surface area contributed by atoms with E-state index in [9.17, 15) is 9.59 Å². The molecule has 1 aliphatic rings. The van der Waals surface area contributed by atoms with Gasteiger partial charge in [0, 0.05) is 6.54 Å². The zero-order valence-electron chi connectivity index (χ0n) is 16.5. The number of amides is 2. The molecule has 31 heavy (non-hydrogen) atoms. The van der Waals surface area contributed by atoms with Crippen molar-refractivity contribution in [3.8, 4) is 0 Å². The van der Waals surface area contributed by atoms with Gasteiger partial charge in [-0.1, -0.05) is 47.8 Å². The number of rotatable bonds is 7. The lowest BCUT2D eigenvalue weighted by atomic mass is 10.1. The van der Waals surface area contributed by atoms with E-state index in [-0.39, 0.29) is 17.7 Å². The third-order valence-electron chi connectivity index (χ3n) is 4.91. The van der Waals surface area contributed by atoms with E-state index in [4.69, 9.17) is 0 Å². The third kappa shape index (κ3) is 3.75. The molecule has 2 amide bonds. The Morgan fingerprint density at radius 2 is 1.65 bits per heavy atom. The molecule has 7 nitrogen and oxygen atoms in total. The van der Waals surface area contributed by atoms with Crippen molar-refractivity contribution in [3.05, 3.63) is 65.5 Å². The van der Waals surface area contributed by atoms with Crippen LogP contribution in [-0.4, -0.2) is 42.3 Å². The Morgan fingerprint density at radius 3 is 2.35 bits per heavy atom. The van der Waals surface area contributed by atoms with Gasteiger partial charge in [0.15, 0.2) is 9.50 Å². The predicted molar refractivity (Wildman–Crippen MR) is 123 cm³/mol. The molecule has 3 heterocycles. The second kappa shape index (κ2) is 8.45. The highest BCUT2D eigenvalue weighted by Gasteiger charge is 2.35. The van der Waals surface area contributed by atoms with Crippen LogP contribution in [0.15, 0.2) is 58.0 Å². The Bertz CT molecular complexity index is 1230. The summed E-state index contributed by atoms with van der Waals surface area (Å²) in [7, 11) is 0. The van der Waals surface area contributed by atoms with Crippen molar-refractivity contribution in [2.45, 2.75) is 28.7 Å². The Balaban J connectivity index is 1.27. The van der Waals surface area contributed by atoms with E-state index in [1.807, 2.05) is 29.7 Å². The molecule has 0 N–H and O–H groups in total. The summed E-state index contributed by atoms with van der Waals surface area (Å²) in [4.78, 5) is 31.0. The highest BCUT2D eigenvalue weighted by atomic mass is 32.2. The van der Waals surface area contributed by atoms with Crippen LogP contribution in [0.1, 0.15) is 33.5 Å². The Hall–Kier alpha value is -2.69. The average molecular weight is 468 g/mol. The van der Waals surface area contributed by atoms with E-state index < -0.39 is 0 Å². The number of thioether (sulfide) groups is 2. The molecule has 0 aliphatic carbocycles. The number of carbonyl (C=O) groups excluding carboxylic acids is 2. The molecule has 2 aromatic carbocycles. The number of carbonyl (C=O) groups is 2. The lowest BCUT2D eigenvalue weighted by molar-refractivity contribution is 0.0684. The van der Waals surface area contributed by atoms with E-state index in [0.717, 1.165) is 15.7 Å². The minimum absolute atomic E-state index is 0.204. The first-order valence-corrected chi connectivity index (χ1v) is 12.4. The second-order valence-electron chi connectivity index (χ2n) is 6.74. The molecule has 2 aromatic heterocycles. The van der Waals surface area contributed by atoms with E-state index in [2.05, 4.69) is 21.2 Å². The van der Waals surface area contributed by atoms with Gasteiger partial charge in [-0.15, -0.1) is 21.5 Å². The SMILES string of the molecule is CCn1c(CSc2nc3ccccc3s2)nnc1SCN1C(=O)c2ccccc2C1=O. The predicted octanol–water partition coefficient (Wildman–Crippen LogP) is 4.55. The summed E-state index contributed by atoms with van der Waals surface area (Å²) in [6.07, 6.45) is 0. The number of thiazole rings is 1. The fourth-order valence-corrected chi connectivity index (χ4v) is 6.34. The summed E-state index contributed by atoms with van der Waals surface area (Å²) >= 11 is 4.64. The van der Waals surface area contributed by atoms with E-state index in [1.165, 1.54) is 21.4 Å². The first-order valence-electron chi connectivity index (χ1n) is 9.64. The Morgan fingerprint density at radius 1 is 0.935 bits per heavy atom. The maximum absolute atomic E-state index is 12.6. The first-order chi connectivity index (χ1) is 15.2. The molecule has 0 spiro atoms. The molecule has 0 fully saturated rings. The number of hydrogen-bond acceptors (Lipinski definition) is 8. The van der Waals surface area contributed by atoms with Crippen LogP contribution in [-0.2, 0) is 12.3 Å². The van der Waals surface area contributed by atoms with Crippen molar-refractivity contribution in [3.63, 3.8) is 0 Å². The van der Waals surface area contributed by atoms with E-state index in [1.54, 1.807) is 47.4 Å². The van der Waals surface area contributed by atoms with Gasteiger partial charge in [-0.25, -0.2) is 4.98 Å². The number of benzene rings is 2. The molecule has 0 atom stereocenters. The molecule has 4 aromatic rings. The molecular formula is C21H17N5O2S3. The third-order valence-corrected chi connectivity index (χ3v) is 8.03. The normalized spacial score (nSPS) is 13.4. The van der Waals surface area contributed by atoms with Gasteiger partial charge in [0.25, 0.3) is 11.8 Å². The second-order valence-corrected chi connectivity index (χ2v) is 9.90. The quantitative estimate of drug-likeness (QED) is 0.291. The van der Waals surface area contributed by atoms with Gasteiger partial charge in [-0.05, 0) is 31.2 Å². The van der Waals surface area contributed by atoms with E-state index >= 15 is 0 Å². The molecule has 0 saturated carbocycles. The summed E-state index contributed by atoms with van der Waals surface area (Å²) in [5.74, 6) is 1.17. The maximum Gasteiger partial charge on any atom is 0.262 e. The first kappa shape index (κ1) is 20.2. The molecular weight excluding hydrogens is 450 g/mol. The lowest BCUT2D eigenvalue weighted by Crippen LogP contribution is -2.29. The summed E-state index contributed by atoms with van der Waals surface area (Å²) in [5.41, 5.74) is 1.92. The van der Waals surface area contributed by atoms with Crippen molar-refractivity contribution in [1.82, 2.24) is 24.6 Å². The van der Waals surface area contributed by atoms with Crippen LogP contribution >= 0.6 is 34.9 Å². The summed E-state index contributed by atoms with van der Waals surface area (Å²) < 4.78 is 4.18. The van der Waals surface area contributed by atoms with Crippen LogP contribution in [0.2, 0.25) is 0 Å². The molecule has 0 unspecified atom stereocenters. The molecule has 156 valence electrons. The number of aromatic nitrogens is 4. The van der Waals surface area contributed by atoms with Crippen LogP contribution < -0.4 is 0 Å². The zero-order chi connectivity index (χ0) is 21.4. The number of para-hydroxylation sites is 1. The van der Waals surface area contributed by atoms with Crippen molar-refractivity contribution in [1.29, 1.82) is 0 Å². The molecule has 10 heteroatoms. The number of imide groups is 1. The van der Waals surface area contributed by atoms with Crippen LogP contribution in [0, 0.1) is 0 Å². The van der Waals surface area contributed by atoms with Crippen LogP contribution in [0.5, 0.6) is 0 Å². The van der Waals surface area contributed by atoms with Crippen LogP contribution in [0.3, 0.4) is 0 Å². The zero-order valence-corrected chi connectivity index (χ0v) is 19.0. The van der Waals surface area contributed by atoms with Gasteiger partial charge in [0.2, 0.25) is 0 Å². The van der Waals surface area contributed by atoms with Gasteiger partial charge < -0.3 is 4.57 Å². The molecule has 0 saturated heterocycles. The smallest absolute Gasteiger partial charge is 0.262 e. The molecule has 0 bridgehead atoms. The van der Waals surface area contributed by atoms with Gasteiger partial charge in [0.1, 0.15) is 5.82 Å². The summed E-state index contributed by atoms with van der Waals surface area (Å²) in [5, 5.41) is 9.33. The topological polar surface area (TPSA) is 81.0 Å². The number of fused-ring (bicyclic) bond motifs is 2. The van der Waals surface area contributed by atoms with E-state index in [0.29, 0.717) is 28.6 Å². The van der Waals surface area contributed by atoms with Crippen molar-refractivity contribution in [2.75, 3.05) is 5.88 Å². The molecule has 5 rings (SSSR count). The summed E-state index contributed by atoms with van der Waals surface area (Å²) in [6.45, 7) is 2.73. The fraction of sp³-hybridized carbons (Fsp3) is 0.190. The van der Waals surface area contributed by atoms with Crippen molar-refractivity contribution >= 4 is 56.9 Å². The standard InChI is InChI=1S/C21H17N5O2S3/c1-2-25-17(11-29-21-22-15-9-5-6-10-16(15)31-21)23-24-20(25)30-12-26-18(27)13-7-3-4-8-14(13)19(26)28/h3-10H,2,11-12H2,1H3. The molecule has 1 aliphatic heterocycles. The van der Waals surface area contributed by atoms with Gasteiger partial charge in [-0.3, -0.25) is 14.5 Å². The number of nitrogens with zero attached hydrogens (tertiary/aromatic N) is 5. The lowest BCUT2D eigenvalue weighted by Gasteiger charge is -2.13.